The number of nitrogens with one attached hydrogen (secondary N) is 1. The molecule has 0 aromatic heterocycles. The highest BCUT2D eigenvalue weighted by Crippen LogP contribution is 2.23. The lowest BCUT2D eigenvalue weighted by atomic mass is 10.1. The van der Waals surface area contributed by atoms with Crippen molar-refractivity contribution in [2.24, 2.45) is 5.73 Å². The first kappa shape index (κ1) is 9.13. The van der Waals surface area contributed by atoms with Crippen molar-refractivity contribution in [3.8, 4) is 0 Å². The summed E-state index contributed by atoms with van der Waals surface area (Å²) in [5.74, 6) is 0.142. The summed E-state index contributed by atoms with van der Waals surface area (Å²) < 4.78 is 0. The van der Waals surface area contributed by atoms with Crippen LogP contribution in [0.2, 0.25) is 0 Å². The summed E-state index contributed by atoms with van der Waals surface area (Å²) >= 11 is 1.63. The van der Waals surface area contributed by atoms with E-state index in [1.165, 1.54) is 5.56 Å². The second-order valence-corrected chi connectivity index (χ2v) is 3.39. The van der Waals surface area contributed by atoms with Gasteiger partial charge in [0.25, 0.3) is 0 Å². The van der Waals surface area contributed by atoms with Crippen molar-refractivity contribution < 1.29 is 0 Å². The molecule has 0 saturated heterocycles. The molecule has 0 aliphatic heterocycles. The monoisotopic (exact) mass is 180 g/mol. The fraction of sp³-hybridized carbons (Fsp3) is 0.222. The van der Waals surface area contributed by atoms with Gasteiger partial charge in [0.2, 0.25) is 0 Å². The van der Waals surface area contributed by atoms with Crippen molar-refractivity contribution in [2.45, 2.75) is 11.8 Å². The van der Waals surface area contributed by atoms with Crippen LogP contribution < -0.4 is 5.73 Å². The first-order valence-electron chi connectivity index (χ1n) is 3.65. The zero-order valence-corrected chi connectivity index (χ0v) is 8.03. The summed E-state index contributed by atoms with van der Waals surface area (Å²) in [7, 11) is 0. The van der Waals surface area contributed by atoms with Crippen LogP contribution in [-0.2, 0) is 0 Å². The van der Waals surface area contributed by atoms with Gasteiger partial charge >= 0.3 is 0 Å². The molecule has 12 heavy (non-hydrogen) atoms. The van der Waals surface area contributed by atoms with Gasteiger partial charge in [-0.3, -0.25) is 5.41 Å². The number of nitrogen functional groups attached to an aromatic ring is 1. The van der Waals surface area contributed by atoms with E-state index in [2.05, 4.69) is 0 Å². The molecule has 64 valence electrons. The van der Waals surface area contributed by atoms with Gasteiger partial charge < -0.3 is 5.73 Å². The van der Waals surface area contributed by atoms with Crippen LogP contribution in [0.15, 0.2) is 23.1 Å². The first-order chi connectivity index (χ1) is 5.66. The number of rotatable bonds is 2. The van der Waals surface area contributed by atoms with E-state index in [4.69, 9.17) is 11.1 Å². The maximum absolute atomic E-state index is 7.34. The molecule has 2 nitrogen and oxygen atoms in total. The van der Waals surface area contributed by atoms with E-state index in [1.54, 1.807) is 11.8 Å². The molecule has 3 N–H and O–H groups in total. The Hall–Kier alpha value is -0.960. The molecule has 1 aromatic rings. The minimum absolute atomic E-state index is 0.142. The van der Waals surface area contributed by atoms with Gasteiger partial charge in [-0.25, -0.2) is 0 Å². The molecule has 1 rings (SSSR count). The average Bonchev–Trinajstić information content (AvgIpc) is 2.03. The van der Waals surface area contributed by atoms with Gasteiger partial charge in [0.1, 0.15) is 5.84 Å². The van der Waals surface area contributed by atoms with Gasteiger partial charge in [0, 0.05) is 10.5 Å². The van der Waals surface area contributed by atoms with Gasteiger partial charge in [0.15, 0.2) is 0 Å². The summed E-state index contributed by atoms with van der Waals surface area (Å²) in [5.41, 5.74) is 7.44. The van der Waals surface area contributed by atoms with Crippen molar-refractivity contribution in [1.82, 2.24) is 0 Å². The van der Waals surface area contributed by atoms with E-state index in [0.717, 1.165) is 10.5 Å². The normalized spacial score (nSPS) is 9.83. The Bertz CT molecular complexity index is 307. The van der Waals surface area contributed by atoms with E-state index in [1.807, 2.05) is 31.4 Å². The number of amidine groups is 1. The number of thioether (sulfide) groups is 1. The van der Waals surface area contributed by atoms with Gasteiger partial charge in [0.05, 0.1) is 0 Å². The molecule has 3 heteroatoms. The largest absolute Gasteiger partial charge is 0.384 e. The lowest BCUT2D eigenvalue weighted by molar-refractivity contribution is 1.26. The van der Waals surface area contributed by atoms with Crippen molar-refractivity contribution in [1.29, 1.82) is 5.41 Å². The van der Waals surface area contributed by atoms with Gasteiger partial charge in [-0.15, -0.1) is 11.8 Å². The van der Waals surface area contributed by atoms with Crippen LogP contribution in [0.25, 0.3) is 0 Å². The number of nitrogens with two attached hydrogens (primary N) is 1. The van der Waals surface area contributed by atoms with Gasteiger partial charge in [-0.2, -0.15) is 0 Å². The van der Waals surface area contributed by atoms with Gasteiger partial charge in [-0.1, -0.05) is 18.2 Å². The number of aryl methyl sites for hydroxylation is 1. The smallest absolute Gasteiger partial charge is 0.123 e. The summed E-state index contributed by atoms with van der Waals surface area (Å²) in [4.78, 5) is 1.10. The molecular weight excluding hydrogens is 168 g/mol. The third-order valence-electron chi connectivity index (χ3n) is 1.71. The number of hydrogen-bond donors (Lipinski definition) is 2. The molecule has 0 radical (unpaired) electrons. The minimum Gasteiger partial charge on any atom is -0.384 e. The van der Waals surface area contributed by atoms with Crippen LogP contribution in [0.1, 0.15) is 11.1 Å². The van der Waals surface area contributed by atoms with Crippen LogP contribution in [-0.4, -0.2) is 12.1 Å². The molecule has 0 aliphatic rings. The molecule has 0 saturated carbocycles. The maximum Gasteiger partial charge on any atom is 0.123 e. The second kappa shape index (κ2) is 3.63. The summed E-state index contributed by atoms with van der Waals surface area (Å²) in [6.45, 7) is 2.03. The summed E-state index contributed by atoms with van der Waals surface area (Å²) in [6.07, 6.45) is 1.99. The van der Waals surface area contributed by atoms with Crippen LogP contribution in [0, 0.1) is 12.3 Å². The molecule has 0 amide bonds. The number of benzene rings is 1. The number of hydrogen-bond acceptors (Lipinski definition) is 2. The highest BCUT2D eigenvalue weighted by Gasteiger charge is 2.05. The Kier molecular flexibility index (Phi) is 2.76. The fourth-order valence-corrected chi connectivity index (χ4v) is 1.92. The molecule has 1 aromatic carbocycles. The quantitative estimate of drug-likeness (QED) is 0.415. The molecule has 0 heterocycles. The predicted octanol–water partition coefficient (Wildman–Crippen LogP) is 2.00. The van der Waals surface area contributed by atoms with Crippen molar-refractivity contribution in [3.05, 3.63) is 29.3 Å². The predicted molar refractivity (Wildman–Crippen MR) is 54.0 cm³/mol. The maximum atomic E-state index is 7.34. The molecule has 0 fully saturated rings. The first-order valence-corrected chi connectivity index (χ1v) is 4.87. The highest BCUT2D eigenvalue weighted by atomic mass is 32.2. The third kappa shape index (κ3) is 1.61. The molecule has 0 atom stereocenters. The lowest BCUT2D eigenvalue weighted by Gasteiger charge is -2.07. The zero-order valence-electron chi connectivity index (χ0n) is 7.22. The Balaban J connectivity index is 3.27. The molecule has 0 spiro atoms. The van der Waals surface area contributed by atoms with E-state index in [-0.39, 0.29) is 5.84 Å². The Morgan fingerprint density at radius 3 is 2.58 bits per heavy atom. The summed E-state index contributed by atoms with van der Waals surface area (Å²) in [5, 5.41) is 7.34. The summed E-state index contributed by atoms with van der Waals surface area (Å²) in [6, 6.07) is 5.82. The van der Waals surface area contributed by atoms with Crippen LogP contribution in [0.3, 0.4) is 0 Å². The Morgan fingerprint density at radius 1 is 1.50 bits per heavy atom. The van der Waals surface area contributed by atoms with Crippen LogP contribution in [0.5, 0.6) is 0 Å². The van der Waals surface area contributed by atoms with Crippen LogP contribution >= 0.6 is 11.8 Å². The highest BCUT2D eigenvalue weighted by molar-refractivity contribution is 7.98. The molecule has 0 aliphatic carbocycles. The molecule has 0 unspecified atom stereocenters. The Labute approximate surface area is 76.7 Å². The second-order valence-electron chi connectivity index (χ2n) is 2.57. The minimum atomic E-state index is 0.142. The zero-order chi connectivity index (χ0) is 9.14. The van der Waals surface area contributed by atoms with Gasteiger partial charge in [-0.05, 0) is 18.7 Å². The van der Waals surface area contributed by atoms with Crippen molar-refractivity contribution in [3.63, 3.8) is 0 Å². The van der Waals surface area contributed by atoms with E-state index in [9.17, 15) is 0 Å². The van der Waals surface area contributed by atoms with Crippen molar-refractivity contribution in [2.75, 3.05) is 6.26 Å². The van der Waals surface area contributed by atoms with Crippen LogP contribution in [0.4, 0.5) is 0 Å². The fourth-order valence-electron chi connectivity index (χ4n) is 1.14. The molecular formula is C9H12N2S. The average molecular weight is 180 g/mol. The Morgan fingerprint density at radius 2 is 2.17 bits per heavy atom. The van der Waals surface area contributed by atoms with E-state index >= 15 is 0 Å². The van der Waals surface area contributed by atoms with E-state index in [0.29, 0.717) is 0 Å². The topological polar surface area (TPSA) is 49.9 Å². The molecule has 0 bridgehead atoms. The van der Waals surface area contributed by atoms with E-state index < -0.39 is 0 Å². The lowest BCUT2D eigenvalue weighted by Crippen LogP contribution is -2.12. The standard InChI is InChI=1S/C9H12N2S/c1-6-4-3-5-7(9(10)11)8(6)12-2/h3-5H,1-2H3,(H3,10,11). The third-order valence-corrected chi connectivity index (χ3v) is 2.66. The van der Waals surface area contributed by atoms with Crippen molar-refractivity contribution >= 4 is 17.6 Å². The SMILES string of the molecule is CSc1c(C)cccc1C(=N)N.